The molecule has 1 heterocycles. The summed E-state index contributed by atoms with van der Waals surface area (Å²) in [5, 5.41) is -0.615. The molecule has 8 heteroatoms. The van der Waals surface area contributed by atoms with Crippen LogP contribution in [0, 0.1) is 0 Å². The molecule has 0 radical (unpaired) electrons. The van der Waals surface area contributed by atoms with E-state index in [0.29, 0.717) is 24.9 Å². The van der Waals surface area contributed by atoms with Gasteiger partial charge in [0.2, 0.25) is 0 Å². The topological polar surface area (TPSA) is 74.8 Å². The molecule has 0 N–H and O–H groups in total. The third-order valence-electron chi connectivity index (χ3n) is 5.36. The van der Waals surface area contributed by atoms with E-state index in [4.69, 9.17) is 0 Å². The third-order valence-corrected chi connectivity index (χ3v) is 9.95. The van der Waals surface area contributed by atoms with Gasteiger partial charge in [-0.15, -0.1) is 0 Å². The van der Waals surface area contributed by atoms with Crippen LogP contribution in [0.15, 0.2) is 0 Å². The van der Waals surface area contributed by atoms with Crippen molar-refractivity contribution in [2.45, 2.75) is 77.0 Å². The normalized spacial score (nSPS) is 23.8. The average molecular weight is 411 g/mol. The largest absolute Gasteiger partial charge is 0.300 e. The van der Waals surface area contributed by atoms with Gasteiger partial charge >= 0.3 is 0 Å². The zero-order valence-electron chi connectivity index (χ0n) is 17.3. The summed E-state index contributed by atoms with van der Waals surface area (Å²) in [5.74, 6) is 0.498. The van der Waals surface area contributed by atoms with E-state index >= 15 is 0 Å². The second-order valence-electron chi connectivity index (χ2n) is 8.23. The van der Waals surface area contributed by atoms with Crippen molar-refractivity contribution < 1.29 is 16.8 Å². The van der Waals surface area contributed by atoms with Gasteiger partial charge in [0, 0.05) is 25.2 Å². The molecule has 0 aliphatic carbocycles. The van der Waals surface area contributed by atoms with E-state index in [1.807, 2.05) is 0 Å². The molecule has 1 saturated heterocycles. The summed E-state index contributed by atoms with van der Waals surface area (Å²) in [4.78, 5) is 4.73. The Morgan fingerprint density at radius 3 is 1.54 bits per heavy atom. The van der Waals surface area contributed by atoms with E-state index in [-0.39, 0.29) is 22.0 Å². The number of hydrogen-bond donors (Lipinski definition) is 0. The number of hydrogen-bond acceptors (Lipinski definition) is 6. The van der Waals surface area contributed by atoms with Crippen molar-refractivity contribution in [3.8, 4) is 0 Å². The van der Waals surface area contributed by atoms with Gasteiger partial charge < -0.3 is 4.90 Å². The van der Waals surface area contributed by atoms with Crippen molar-refractivity contribution in [3.05, 3.63) is 0 Å². The van der Waals surface area contributed by atoms with Gasteiger partial charge in [0.1, 0.15) is 0 Å². The predicted octanol–water partition coefficient (Wildman–Crippen LogP) is 1.81. The lowest BCUT2D eigenvalue weighted by Gasteiger charge is -2.44. The van der Waals surface area contributed by atoms with Crippen molar-refractivity contribution in [2.24, 2.45) is 0 Å². The second-order valence-corrected chi connectivity index (χ2v) is 13.6. The van der Waals surface area contributed by atoms with E-state index < -0.39 is 19.7 Å². The molecule has 2 atom stereocenters. The van der Waals surface area contributed by atoms with Gasteiger partial charge in [-0.2, -0.15) is 0 Å². The molecule has 26 heavy (non-hydrogen) atoms. The van der Waals surface area contributed by atoms with E-state index in [1.54, 1.807) is 27.7 Å². The Balaban J connectivity index is 2.44. The number of nitrogens with zero attached hydrogens (tertiary/aromatic N) is 2. The van der Waals surface area contributed by atoms with Gasteiger partial charge in [0.25, 0.3) is 0 Å². The van der Waals surface area contributed by atoms with Crippen LogP contribution >= 0.6 is 0 Å². The fourth-order valence-corrected chi connectivity index (χ4v) is 5.50. The quantitative estimate of drug-likeness (QED) is 0.547. The molecule has 1 rings (SSSR count). The molecule has 156 valence electrons. The van der Waals surface area contributed by atoms with Gasteiger partial charge in [-0.05, 0) is 67.5 Å². The van der Waals surface area contributed by atoms with Crippen LogP contribution < -0.4 is 0 Å². The molecule has 0 saturated carbocycles. The summed E-state index contributed by atoms with van der Waals surface area (Å²) in [6.45, 7) is 14.7. The summed E-state index contributed by atoms with van der Waals surface area (Å²) < 4.78 is 47.8. The molecule has 1 aliphatic heterocycles. The van der Waals surface area contributed by atoms with Crippen molar-refractivity contribution in [3.63, 3.8) is 0 Å². The van der Waals surface area contributed by atoms with Crippen LogP contribution in [0.2, 0.25) is 0 Å². The van der Waals surface area contributed by atoms with Crippen molar-refractivity contribution >= 4 is 19.7 Å². The molecular weight excluding hydrogens is 372 g/mol. The standard InChI is InChI=1S/C18H38N2O4S2/c1-15(2)25(21,22)11-7-9-19-13-17(5)20(18(6)14-19)10-8-12-26(23,24)16(3)4/h15-18H,7-14H2,1-6H3/t17-,18+. The number of sulfone groups is 2. The minimum absolute atomic E-state index is 0.247. The fraction of sp³-hybridized carbons (Fsp3) is 1.00. The fourth-order valence-electron chi connectivity index (χ4n) is 3.50. The summed E-state index contributed by atoms with van der Waals surface area (Å²) in [7, 11) is -5.94. The number of piperazine rings is 1. The molecule has 6 nitrogen and oxygen atoms in total. The molecule has 1 aliphatic rings. The van der Waals surface area contributed by atoms with E-state index in [1.165, 1.54) is 0 Å². The summed E-state index contributed by atoms with van der Waals surface area (Å²) in [6.07, 6.45) is 1.34. The maximum absolute atomic E-state index is 12.0. The molecule has 0 aromatic carbocycles. The number of rotatable bonds is 10. The monoisotopic (exact) mass is 410 g/mol. The van der Waals surface area contributed by atoms with Crippen LogP contribution in [0.1, 0.15) is 54.4 Å². The zero-order chi connectivity index (χ0) is 20.1. The highest BCUT2D eigenvalue weighted by atomic mass is 32.2. The molecule has 0 unspecified atom stereocenters. The first-order valence-corrected chi connectivity index (χ1v) is 13.2. The molecule has 0 bridgehead atoms. The highest BCUT2D eigenvalue weighted by molar-refractivity contribution is 7.92. The summed E-state index contributed by atoms with van der Waals surface area (Å²) >= 11 is 0. The Morgan fingerprint density at radius 1 is 0.769 bits per heavy atom. The van der Waals surface area contributed by atoms with Gasteiger partial charge in [0.15, 0.2) is 19.7 Å². The van der Waals surface area contributed by atoms with Crippen LogP contribution in [0.3, 0.4) is 0 Å². The molecule has 1 fully saturated rings. The minimum atomic E-state index is -2.97. The Kier molecular flexibility index (Phi) is 9.03. The van der Waals surface area contributed by atoms with E-state index in [2.05, 4.69) is 23.6 Å². The first kappa shape index (κ1) is 23.9. The Bertz CT molecular complexity index is 618. The molecular formula is C18H38N2O4S2. The van der Waals surface area contributed by atoms with E-state index in [0.717, 1.165) is 26.2 Å². The first-order valence-electron chi connectivity index (χ1n) is 9.78. The lowest BCUT2D eigenvalue weighted by molar-refractivity contribution is 0.0395. The van der Waals surface area contributed by atoms with Crippen LogP contribution in [0.25, 0.3) is 0 Å². The molecule has 0 aromatic heterocycles. The highest BCUT2D eigenvalue weighted by Gasteiger charge is 2.29. The second kappa shape index (κ2) is 9.85. The minimum Gasteiger partial charge on any atom is -0.300 e. The smallest absolute Gasteiger partial charge is 0.152 e. The van der Waals surface area contributed by atoms with Crippen LogP contribution in [0.4, 0.5) is 0 Å². The molecule has 0 aromatic rings. The maximum atomic E-state index is 12.0. The molecule has 0 spiro atoms. The lowest BCUT2D eigenvalue weighted by Crippen LogP contribution is -2.57. The zero-order valence-corrected chi connectivity index (χ0v) is 18.9. The van der Waals surface area contributed by atoms with Gasteiger partial charge in [-0.1, -0.05) is 0 Å². The van der Waals surface area contributed by atoms with Crippen LogP contribution in [0.5, 0.6) is 0 Å². The average Bonchev–Trinajstić information content (AvgIpc) is 2.49. The first-order chi connectivity index (χ1) is 11.9. The van der Waals surface area contributed by atoms with Gasteiger partial charge in [-0.3, -0.25) is 4.90 Å². The van der Waals surface area contributed by atoms with Crippen LogP contribution in [-0.2, 0) is 19.7 Å². The van der Waals surface area contributed by atoms with E-state index in [9.17, 15) is 16.8 Å². The summed E-state index contributed by atoms with van der Waals surface area (Å²) in [5.41, 5.74) is 0. The Morgan fingerprint density at radius 2 is 1.15 bits per heavy atom. The van der Waals surface area contributed by atoms with Crippen molar-refractivity contribution in [1.29, 1.82) is 0 Å². The van der Waals surface area contributed by atoms with Gasteiger partial charge in [0.05, 0.1) is 22.0 Å². The lowest BCUT2D eigenvalue weighted by atomic mass is 10.1. The Labute approximate surface area is 161 Å². The van der Waals surface area contributed by atoms with Crippen molar-refractivity contribution in [2.75, 3.05) is 37.7 Å². The third kappa shape index (κ3) is 7.09. The SMILES string of the molecule is CC(C)S(=O)(=O)CCCN1C[C@@H](C)N(CCCS(=O)(=O)C(C)C)[C@@H](C)C1. The van der Waals surface area contributed by atoms with Crippen molar-refractivity contribution in [1.82, 2.24) is 9.80 Å². The van der Waals surface area contributed by atoms with Gasteiger partial charge in [-0.25, -0.2) is 16.8 Å². The maximum Gasteiger partial charge on any atom is 0.152 e. The highest BCUT2D eigenvalue weighted by Crippen LogP contribution is 2.17. The predicted molar refractivity (Wildman–Crippen MR) is 109 cm³/mol. The summed E-state index contributed by atoms with van der Waals surface area (Å²) in [6, 6.07) is 0.699. The molecule has 0 amide bonds. The Hall–Kier alpha value is -0.180. The van der Waals surface area contributed by atoms with Crippen LogP contribution in [-0.4, -0.2) is 86.9 Å².